The number of imidazole rings is 2. The fourth-order valence-electron chi connectivity index (χ4n) is 4.78. The van der Waals surface area contributed by atoms with Gasteiger partial charge in [0.15, 0.2) is 0 Å². The molecule has 0 unspecified atom stereocenters. The number of benzene rings is 1. The van der Waals surface area contributed by atoms with Crippen molar-refractivity contribution >= 4 is 0 Å². The van der Waals surface area contributed by atoms with Gasteiger partial charge < -0.3 is 9.55 Å². The molecule has 0 saturated carbocycles. The molecule has 0 radical (unpaired) electrons. The molecule has 3 saturated heterocycles. The van der Waals surface area contributed by atoms with Gasteiger partial charge in [0.2, 0.25) is 0 Å². The van der Waals surface area contributed by atoms with Crippen molar-refractivity contribution in [2.45, 2.75) is 38.9 Å². The predicted molar refractivity (Wildman–Crippen MR) is 109 cm³/mol. The Morgan fingerprint density at radius 2 is 1.96 bits per heavy atom. The first-order valence-electron chi connectivity index (χ1n) is 10.3. The first-order valence-corrected chi connectivity index (χ1v) is 10.3. The Balaban J connectivity index is 1.26. The van der Waals surface area contributed by atoms with Crippen LogP contribution in [0, 0.1) is 12.8 Å². The van der Waals surface area contributed by atoms with Gasteiger partial charge in [-0.3, -0.25) is 9.80 Å². The average molecular weight is 377 g/mol. The fourth-order valence-corrected chi connectivity index (χ4v) is 4.78. The number of nitrogens with one attached hydrogen (secondary N) is 1. The molecular formula is C22H28N6. The van der Waals surface area contributed by atoms with Gasteiger partial charge in [0.05, 0.1) is 18.3 Å². The molecule has 0 aliphatic carbocycles. The SMILES string of the molecule is Cc1[nH]cnc1CN1C[C@@H]2CC[C@H](C1)N(Cc1ccc(-n3ccnc3)cc1)C2. The molecule has 28 heavy (non-hydrogen) atoms. The largest absolute Gasteiger partial charge is 0.348 e. The van der Waals surface area contributed by atoms with Crippen LogP contribution in [-0.2, 0) is 13.1 Å². The molecule has 1 N–H and O–H groups in total. The maximum Gasteiger partial charge on any atom is 0.0991 e. The number of hydrogen-bond acceptors (Lipinski definition) is 4. The van der Waals surface area contributed by atoms with E-state index in [0.29, 0.717) is 6.04 Å². The van der Waals surface area contributed by atoms with Crippen molar-refractivity contribution in [3.8, 4) is 5.69 Å². The quantitative estimate of drug-likeness (QED) is 0.744. The minimum Gasteiger partial charge on any atom is -0.348 e. The van der Waals surface area contributed by atoms with Crippen molar-refractivity contribution in [1.29, 1.82) is 0 Å². The Morgan fingerprint density at radius 3 is 2.71 bits per heavy atom. The van der Waals surface area contributed by atoms with Gasteiger partial charge >= 0.3 is 0 Å². The molecular weight excluding hydrogens is 348 g/mol. The third kappa shape index (κ3) is 3.62. The highest BCUT2D eigenvalue weighted by Crippen LogP contribution is 2.30. The van der Waals surface area contributed by atoms with Crippen molar-refractivity contribution in [2.75, 3.05) is 19.6 Å². The lowest BCUT2D eigenvalue weighted by Gasteiger charge is -2.36. The van der Waals surface area contributed by atoms with Crippen molar-refractivity contribution in [1.82, 2.24) is 29.3 Å². The number of nitrogens with zero attached hydrogens (tertiary/aromatic N) is 5. The number of piperidine rings is 1. The van der Waals surface area contributed by atoms with Gasteiger partial charge in [-0.25, -0.2) is 9.97 Å². The van der Waals surface area contributed by atoms with Gasteiger partial charge in [-0.2, -0.15) is 0 Å². The van der Waals surface area contributed by atoms with Crippen molar-refractivity contribution in [2.24, 2.45) is 5.92 Å². The lowest BCUT2D eigenvalue weighted by molar-refractivity contribution is 0.123. The fraction of sp³-hybridized carbons (Fsp3) is 0.455. The van der Waals surface area contributed by atoms with Crippen LogP contribution in [-0.4, -0.2) is 55.0 Å². The summed E-state index contributed by atoms with van der Waals surface area (Å²) in [5.41, 5.74) is 4.96. The molecule has 6 rings (SSSR count). The normalized spacial score (nSPS) is 23.2. The zero-order chi connectivity index (χ0) is 18.9. The van der Waals surface area contributed by atoms with Crippen LogP contribution in [0.25, 0.3) is 5.69 Å². The molecule has 0 spiro atoms. The van der Waals surface area contributed by atoms with Gasteiger partial charge in [-0.05, 0) is 43.4 Å². The molecule has 3 aliphatic rings. The van der Waals surface area contributed by atoms with Crippen molar-refractivity contribution in [3.63, 3.8) is 0 Å². The number of aryl methyl sites for hydroxylation is 1. The van der Waals surface area contributed by atoms with E-state index in [1.165, 1.54) is 48.6 Å². The zero-order valence-corrected chi connectivity index (χ0v) is 16.5. The molecule has 3 aromatic rings. The van der Waals surface area contributed by atoms with Gasteiger partial charge in [-0.15, -0.1) is 0 Å². The van der Waals surface area contributed by atoms with Crippen LogP contribution >= 0.6 is 0 Å². The Bertz CT molecular complexity index is 898. The van der Waals surface area contributed by atoms with E-state index in [4.69, 9.17) is 0 Å². The second kappa shape index (κ2) is 7.53. The molecule has 6 heteroatoms. The number of H-pyrrole nitrogens is 1. The number of hydrogen-bond donors (Lipinski definition) is 1. The minimum atomic E-state index is 0.645. The minimum absolute atomic E-state index is 0.645. The number of fused-ring (bicyclic) bond motifs is 4. The number of rotatable bonds is 5. The molecule has 5 heterocycles. The standard InChI is InChI=1S/C22H28N6/c1-17-22(25-15-24-17)14-26-10-19-4-7-21(13-26)28(12-19)11-18-2-5-20(6-3-18)27-9-8-23-16-27/h2-3,5-6,8-9,15-16,19,21H,4,7,10-14H2,1H3,(H,24,25)/t19-,21+/m0/s1. The molecule has 2 bridgehead atoms. The summed E-state index contributed by atoms with van der Waals surface area (Å²) >= 11 is 0. The van der Waals surface area contributed by atoms with Gasteiger partial charge in [0, 0.05) is 62.5 Å². The van der Waals surface area contributed by atoms with Crippen LogP contribution in [0.4, 0.5) is 0 Å². The summed E-state index contributed by atoms with van der Waals surface area (Å²) in [6.45, 7) is 7.68. The van der Waals surface area contributed by atoms with Crippen molar-refractivity contribution in [3.05, 3.63) is 66.3 Å². The molecule has 2 aromatic heterocycles. The molecule has 3 fully saturated rings. The smallest absolute Gasteiger partial charge is 0.0991 e. The number of aromatic nitrogens is 4. The highest BCUT2D eigenvalue weighted by Gasteiger charge is 2.34. The Kier molecular flexibility index (Phi) is 4.74. The van der Waals surface area contributed by atoms with Gasteiger partial charge in [-0.1, -0.05) is 12.1 Å². The highest BCUT2D eigenvalue weighted by molar-refractivity contribution is 5.34. The monoisotopic (exact) mass is 376 g/mol. The number of aromatic amines is 1. The van der Waals surface area contributed by atoms with E-state index in [0.717, 1.165) is 25.6 Å². The van der Waals surface area contributed by atoms with E-state index in [1.807, 2.05) is 29.6 Å². The third-order valence-corrected chi connectivity index (χ3v) is 6.33. The summed E-state index contributed by atoms with van der Waals surface area (Å²) < 4.78 is 2.05. The average Bonchev–Trinajstić information content (AvgIpc) is 3.29. The first kappa shape index (κ1) is 17.6. The van der Waals surface area contributed by atoms with Gasteiger partial charge in [0.1, 0.15) is 0 Å². The maximum atomic E-state index is 4.51. The lowest BCUT2D eigenvalue weighted by Crippen LogP contribution is -2.43. The summed E-state index contributed by atoms with van der Waals surface area (Å²) in [5, 5.41) is 0. The molecule has 0 amide bonds. The van der Waals surface area contributed by atoms with Crippen LogP contribution in [0.5, 0.6) is 0 Å². The molecule has 3 aliphatic heterocycles. The molecule has 146 valence electrons. The van der Waals surface area contributed by atoms with E-state index in [9.17, 15) is 0 Å². The summed E-state index contributed by atoms with van der Waals surface area (Å²) in [6, 6.07) is 9.56. The maximum absolute atomic E-state index is 4.51. The van der Waals surface area contributed by atoms with E-state index in [-0.39, 0.29) is 0 Å². The van der Waals surface area contributed by atoms with E-state index >= 15 is 0 Å². The Hall–Kier alpha value is -2.44. The lowest BCUT2D eigenvalue weighted by atomic mass is 9.94. The summed E-state index contributed by atoms with van der Waals surface area (Å²) in [6.07, 6.45) is 10.1. The van der Waals surface area contributed by atoms with Crippen LogP contribution < -0.4 is 0 Å². The zero-order valence-electron chi connectivity index (χ0n) is 16.5. The molecule has 1 aromatic carbocycles. The Labute approximate surface area is 166 Å². The molecule has 2 atom stereocenters. The van der Waals surface area contributed by atoms with Crippen molar-refractivity contribution < 1.29 is 0 Å². The van der Waals surface area contributed by atoms with Crippen LogP contribution in [0.2, 0.25) is 0 Å². The second-order valence-corrected chi connectivity index (χ2v) is 8.33. The van der Waals surface area contributed by atoms with Gasteiger partial charge in [0.25, 0.3) is 0 Å². The summed E-state index contributed by atoms with van der Waals surface area (Å²) in [5.74, 6) is 0.767. The van der Waals surface area contributed by atoms with Crippen LogP contribution in [0.3, 0.4) is 0 Å². The van der Waals surface area contributed by atoms with E-state index in [2.05, 4.69) is 55.9 Å². The van der Waals surface area contributed by atoms with E-state index < -0.39 is 0 Å². The first-order chi connectivity index (χ1) is 13.7. The highest BCUT2D eigenvalue weighted by atomic mass is 15.3. The van der Waals surface area contributed by atoms with E-state index in [1.54, 1.807) is 0 Å². The predicted octanol–water partition coefficient (Wildman–Crippen LogP) is 3.00. The summed E-state index contributed by atoms with van der Waals surface area (Å²) in [4.78, 5) is 17.2. The topological polar surface area (TPSA) is 53.0 Å². The van der Waals surface area contributed by atoms with Crippen LogP contribution in [0.15, 0.2) is 49.3 Å². The Morgan fingerprint density at radius 1 is 1.07 bits per heavy atom. The van der Waals surface area contributed by atoms with Crippen LogP contribution in [0.1, 0.15) is 29.8 Å². The summed E-state index contributed by atoms with van der Waals surface area (Å²) in [7, 11) is 0. The third-order valence-electron chi connectivity index (χ3n) is 6.33. The second-order valence-electron chi connectivity index (χ2n) is 8.33. The molecule has 6 nitrogen and oxygen atoms in total.